The summed E-state index contributed by atoms with van der Waals surface area (Å²) < 4.78 is 16.8. The summed E-state index contributed by atoms with van der Waals surface area (Å²) in [4.78, 5) is 4.33. The van der Waals surface area contributed by atoms with E-state index in [9.17, 15) is 0 Å². The van der Waals surface area contributed by atoms with Crippen molar-refractivity contribution in [2.75, 3.05) is 33.9 Å². The smallest absolute Gasteiger partial charge is 0.191 e. The summed E-state index contributed by atoms with van der Waals surface area (Å²) in [5.41, 5.74) is 3.55. The summed E-state index contributed by atoms with van der Waals surface area (Å²) >= 11 is 0. The summed E-state index contributed by atoms with van der Waals surface area (Å²) in [6.07, 6.45) is 1.98. The number of guanidine groups is 1. The largest absolute Gasteiger partial charge is 0.497 e. The monoisotopic (exact) mass is 397 g/mol. The average molecular weight is 398 g/mol. The van der Waals surface area contributed by atoms with E-state index < -0.39 is 0 Å². The van der Waals surface area contributed by atoms with E-state index >= 15 is 0 Å². The maximum Gasteiger partial charge on any atom is 0.191 e. The van der Waals surface area contributed by atoms with Crippen molar-refractivity contribution in [2.45, 2.75) is 32.4 Å². The molecule has 0 radical (unpaired) electrons. The van der Waals surface area contributed by atoms with E-state index in [1.54, 1.807) is 14.2 Å². The quantitative estimate of drug-likeness (QED) is 0.529. The van der Waals surface area contributed by atoms with Gasteiger partial charge in [-0.25, -0.2) is 0 Å². The van der Waals surface area contributed by atoms with Crippen molar-refractivity contribution in [1.29, 1.82) is 0 Å². The van der Waals surface area contributed by atoms with Gasteiger partial charge in [-0.3, -0.25) is 4.99 Å². The Morgan fingerprint density at radius 2 is 2.00 bits per heavy atom. The molecule has 0 bridgehead atoms. The zero-order valence-corrected chi connectivity index (χ0v) is 17.5. The lowest BCUT2D eigenvalue weighted by molar-refractivity contribution is 0.140. The molecule has 29 heavy (non-hydrogen) atoms. The van der Waals surface area contributed by atoms with Crippen LogP contribution < -0.4 is 20.1 Å². The molecule has 1 unspecified atom stereocenters. The zero-order chi connectivity index (χ0) is 20.5. The van der Waals surface area contributed by atoms with Gasteiger partial charge >= 0.3 is 0 Å². The van der Waals surface area contributed by atoms with E-state index in [0.29, 0.717) is 13.2 Å². The van der Waals surface area contributed by atoms with Crippen molar-refractivity contribution >= 4 is 5.96 Å². The molecule has 0 spiro atoms. The summed E-state index contributed by atoms with van der Waals surface area (Å²) in [6, 6.07) is 14.4. The normalized spacial score (nSPS) is 16.5. The fourth-order valence-electron chi connectivity index (χ4n) is 3.22. The number of aryl methyl sites for hydroxylation is 1. The highest BCUT2D eigenvalue weighted by Gasteiger charge is 2.18. The molecule has 6 nitrogen and oxygen atoms in total. The molecule has 1 aliphatic rings. The highest BCUT2D eigenvalue weighted by molar-refractivity contribution is 5.79. The molecule has 0 aliphatic carbocycles. The Bertz CT molecular complexity index is 800. The molecule has 2 N–H and O–H groups in total. The first-order chi connectivity index (χ1) is 14.2. The van der Waals surface area contributed by atoms with Crippen molar-refractivity contribution in [2.24, 2.45) is 4.99 Å². The van der Waals surface area contributed by atoms with Gasteiger partial charge in [-0.15, -0.1) is 0 Å². The van der Waals surface area contributed by atoms with Crippen LogP contribution in [0.5, 0.6) is 11.5 Å². The Hall–Kier alpha value is -2.73. The number of benzene rings is 2. The number of rotatable bonds is 8. The molecule has 156 valence electrons. The lowest BCUT2D eigenvalue weighted by Gasteiger charge is -2.18. The van der Waals surface area contributed by atoms with Gasteiger partial charge < -0.3 is 24.8 Å². The zero-order valence-electron chi connectivity index (χ0n) is 17.5. The fourth-order valence-corrected chi connectivity index (χ4v) is 3.22. The highest BCUT2D eigenvalue weighted by atomic mass is 16.5. The van der Waals surface area contributed by atoms with Crippen LogP contribution in [-0.2, 0) is 17.7 Å². The first kappa shape index (κ1) is 21.0. The van der Waals surface area contributed by atoms with Crippen LogP contribution in [0.4, 0.5) is 0 Å². The minimum Gasteiger partial charge on any atom is -0.497 e. The maximum absolute atomic E-state index is 6.18. The number of hydrogen-bond donors (Lipinski definition) is 2. The Labute approximate surface area is 173 Å². The fraction of sp³-hybridized carbons (Fsp3) is 0.435. The Morgan fingerprint density at radius 1 is 1.17 bits per heavy atom. The molecule has 1 fully saturated rings. The number of ether oxygens (including phenoxy) is 3. The molecule has 0 amide bonds. The third-order valence-corrected chi connectivity index (χ3v) is 4.94. The summed E-state index contributed by atoms with van der Waals surface area (Å²) in [6.45, 7) is 4.95. The van der Waals surface area contributed by atoms with Crippen LogP contribution in [0.15, 0.2) is 47.5 Å². The van der Waals surface area contributed by atoms with Gasteiger partial charge in [0.15, 0.2) is 5.96 Å². The lowest BCUT2D eigenvalue weighted by atomic mass is 10.1. The van der Waals surface area contributed by atoms with Crippen molar-refractivity contribution < 1.29 is 14.2 Å². The van der Waals surface area contributed by atoms with Gasteiger partial charge in [0.1, 0.15) is 17.6 Å². The highest BCUT2D eigenvalue weighted by Crippen LogP contribution is 2.23. The van der Waals surface area contributed by atoms with Gasteiger partial charge in [-0.05, 0) is 42.7 Å². The lowest BCUT2D eigenvalue weighted by Crippen LogP contribution is -2.38. The van der Waals surface area contributed by atoms with Crippen molar-refractivity contribution in [3.05, 3.63) is 59.2 Å². The van der Waals surface area contributed by atoms with Crippen molar-refractivity contribution in [1.82, 2.24) is 10.6 Å². The Morgan fingerprint density at radius 3 is 2.69 bits per heavy atom. The molecule has 2 aromatic rings. The second-order valence-electron chi connectivity index (χ2n) is 7.17. The van der Waals surface area contributed by atoms with E-state index in [2.05, 4.69) is 52.9 Å². The molecule has 1 atom stereocenters. The van der Waals surface area contributed by atoms with E-state index in [-0.39, 0.29) is 6.10 Å². The van der Waals surface area contributed by atoms with Crippen molar-refractivity contribution in [3.8, 4) is 11.5 Å². The number of aliphatic imine (C=N–C) groups is 1. The van der Waals surface area contributed by atoms with Crippen LogP contribution in [0.2, 0.25) is 0 Å². The van der Waals surface area contributed by atoms with Gasteiger partial charge in [0.2, 0.25) is 0 Å². The molecule has 0 saturated carbocycles. The SMILES string of the molecule is CN=C(NCCc1ccc(OC)cc1)NCc1ccc(C)cc1OC1CCOC1. The van der Waals surface area contributed by atoms with Crippen LogP contribution in [0.25, 0.3) is 0 Å². The maximum atomic E-state index is 6.18. The molecular formula is C23H31N3O3. The third kappa shape index (κ3) is 6.39. The molecule has 1 saturated heterocycles. The average Bonchev–Trinajstić information content (AvgIpc) is 3.25. The summed E-state index contributed by atoms with van der Waals surface area (Å²) in [5, 5.41) is 6.75. The van der Waals surface area contributed by atoms with E-state index in [0.717, 1.165) is 49.0 Å². The van der Waals surface area contributed by atoms with Crippen LogP contribution in [-0.4, -0.2) is 46.0 Å². The minimum atomic E-state index is 0.137. The van der Waals surface area contributed by atoms with E-state index in [1.165, 1.54) is 11.1 Å². The van der Waals surface area contributed by atoms with Crippen LogP contribution in [0.1, 0.15) is 23.1 Å². The van der Waals surface area contributed by atoms with E-state index in [4.69, 9.17) is 14.2 Å². The van der Waals surface area contributed by atoms with Crippen LogP contribution in [0.3, 0.4) is 0 Å². The third-order valence-electron chi connectivity index (χ3n) is 4.94. The molecule has 1 aliphatic heterocycles. The molecule has 3 rings (SSSR count). The minimum absolute atomic E-state index is 0.137. The molecule has 1 heterocycles. The van der Waals surface area contributed by atoms with Crippen LogP contribution >= 0.6 is 0 Å². The number of nitrogens with one attached hydrogen (secondary N) is 2. The van der Waals surface area contributed by atoms with Gasteiger partial charge in [0.05, 0.1) is 20.3 Å². The van der Waals surface area contributed by atoms with Gasteiger partial charge in [0, 0.05) is 32.1 Å². The van der Waals surface area contributed by atoms with Gasteiger partial charge in [0.25, 0.3) is 0 Å². The molecule has 2 aromatic carbocycles. The number of methoxy groups -OCH3 is 1. The van der Waals surface area contributed by atoms with Crippen molar-refractivity contribution in [3.63, 3.8) is 0 Å². The second-order valence-corrected chi connectivity index (χ2v) is 7.17. The topological polar surface area (TPSA) is 64.1 Å². The molecule has 0 aromatic heterocycles. The van der Waals surface area contributed by atoms with Crippen LogP contribution in [0, 0.1) is 6.92 Å². The van der Waals surface area contributed by atoms with Gasteiger partial charge in [-0.1, -0.05) is 24.3 Å². The molecule has 6 heteroatoms. The standard InChI is InChI=1S/C23H31N3O3/c1-17-4-7-19(22(14-17)29-21-11-13-28-16-21)15-26-23(24-2)25-12-10-18-5-8-20(27-3)9-6-18/h4-9,14,21H,10-13,15-16H2,1-3H3,(H2,24,25,26). The first-order valence-electron chi connectivity index (χ1n) is 10.1. The number of nitrogens with zero attached hydrogens (tertiary/aromatic N) is 1. The summed E-state index contributed by atoms with van der Waals surface area (Å²) in [7, 11) is 3.46. The predicted molar refractivity (Wildman–Crippen MR) is 116 cm³/mol. The number of hydrogen-bond acceptors (Lipinski definition) is 4. The molecular weight excluding hydrogens is 366 g/mol. The predicted octanol–water partition coefficient (Wildman–Crippen LogP) is 3.08. The van der Waals surface area contributed by atoms with Gasteiger partial charge in [-0.2, -0.15) is 0 Å². The summed E-state index contributed by atoms with van der Waals surface area (Å²) in [5.74, 6) is 2.57. The Balaban J connectivity index is 1.50. The Kier molecular flexibility index (Phi) is 7.76. The van der Waals surface area contributed by atoms with E-state index in [1.807, 2.05) is 12.1 Å². The second kappa shape index (κ2) is 10.7. The first-order valence-corrected chi connectivity index (χ1v) is 10.1.